The maximum absolute atomic E-state index is 12.1. The summed E-state index contributed by atoms with van der Waals surface area (Å²) in [6, 6.07) is 14.8. The molecule has 0 fully saturated rings. The van der Waals surface area contributed by atoms with E-state index in [1.54, 1.807) is 0 Å². The molecular weight excluding hydrogens is 333 g/mol. The number of benzene rings is 2. The first-order valence-corrected chi connectivity index (χ1v) is 7.65. The highest BCUT2D eigenvalue weighted by Gasteiger charge is 2.30. The van der Waals surface area contributed by atoms with E-state index in [9.17, 15) is 18.0 Å². The van der Waals surface area contributed by atoms with Gasteiger partial charge in [-0.05, 0) is 43.8 Å². The fraction of sp³-hybridized carbons (Fsp3) is 0.278. The molecule has 2 aromatic rings. The van der Waals surface area contributed by atoms with E-state index in [-0.39, 0.29) is 24.2 Å². The van der Waals surface area contributed by atoms with E-state index in [1.165, 1.54) is 12.1 Å². The molecule has 25 heavy (non-hydrogen) atoms. The van der Waals surface area contributed by atoms with Crippen LogP contribution in [0.5, 0.6) is 5.75 Å². The maximum Gasteiger partial charge on any atom is 0.573 e. The van der Waals surface area contributed by atoms with E-state index in [1.807, 2.05) is 49.2 Å². The van der Waals surface area contributed by atoms with Crippen LogP contribution in [0.3, 0.4) is 0 Å². The second kappa shape index (κ2) is 8.02. The topological polar surface area (TPSA) is 41.6 Å². The van der Waals surface area contributed by atoms with Gasteiger partial charge in [-0.25, -0.2) is 0 Å². The molecule has 1 N–H and O–H groups in total. The van der Waals surface area contributed by atoms with Crippen LogP contribution in [0.1, 0.15) is 18.5 Å². The molecule has 2 aromatic carbocycles. The highest BCUT2D eigenvalue weighted by atomic mass is 19.4. The number of carbonyl (C=O) groups is 1. The van der Waals surface area contributed by atoms with Crippen molar-refractivity contribution in [2.24, 2.45) is 0 Å². The number of amides is 1. The van der Waals surface area contributed by atoms with E-state index in [4.69, 9.17) is 0 Å². The quantitative estimate of drug-likeness (QED) is 0.846. The Bertz CT molecular complexity index is 688. The van der Waals surface area contributed by atoms with E-state index < -0.39 is 6.36 Å². The zero-order valence-corrected chi connectivity index (χ0v) is 13.9. The van der Waals surface area contributed by atoms with E-state index in [0.717, 1.165) is 17.7 Å². The maximum atomic E-state index is 12.1. The molecular formula is C18H19F3N2O2. The zero-order chi connectivity index (χ0) is 18.4. The average molecular weight is 352 g/mol. The van der Waals surface area contributed by atoms with Crippen LogP contribution >= 0.6 is 0 Å². The second-order valence-electron chi connectivity index (χ2n) is 5.62. The number of alkyl halides is 3. The number of halogens is 3. The SMILES string of the molecule is C[C@H](c1ccccc1)N(C)CC(=O)Nc1ccc(OC(F)(F)F)cc1. The molecule has 0 spiro atoms. The van der Waals surface area contributed by atoms with E-state index in [2.05, 4.69) is 10.1 Å². The third-order valence-corrected chi connectivity index (χ3v) is 3.71. The largest absolute Gasteiger partial charge is 0.573 e. The summed E-state index contributed by atoms with van der Waals surface area (Å²) in [5.41, 5.74) is 1.49. The molecule has 7 heteroatoms. The smallest absolute Gasteiger partial charge is 0.406 e. The highest BCUT2D eigenvalue weighted by molar-refractivity contribution is 5.92. The van der Waals surface area contributed by atoms with Crippen molar-refractivity contribution in [3.63, 3.8) is 0 Å². The Morgan fingerprint density at radius 1 is 1.12 bits per heavy atom. The van der Waals surface area contributed by atoms with Gasteiger partial charge >= 0.3 is 6.36 Å². The van der Waals surface area contributed by atoms with Crippen molar-refractivity contribution < 1.29 is 22.7 Å². The van der Waals surface area contributed by atoms with Gasteiger partial charge in [-0.15, -0.1) is 13.2 Å². The molecule has 0 saturated heterocycles. The normalized spacial score (nSPS) is 12.7. The monoisotopic (exact) mass is 352 g/mol. The Labute approximate surface area is 144 Å². The minimum absolute atomic E-state index is 0.0505. The van der Waals surface area contributed by atoms with Crippen LogP contribution in [0.4, 0.5) is 18.9 Å². The number of nitrogens with zero attached hydrogens (tertiary/aromatic N) is 1. The van der Waals surface area contributed by atoms with Gasteiger partial charge in [0.1, 0.15) is 5.75 Å². The summed E-state index contributed by atoms with van der Waals surface area (Å²) < 4.78 is 40.1. The van der Waals surface area contributed by atoms with E-state index in [0.29, 0.717) is 5.69 Å². The van der Waals surface area contributed by atoms with Crippen molar-refractivity contribution in [2.45, 2.75) is 19.3 Å². The summed E-state index contributed by atoms with van der Waals surface area (Å²) in [4.78, 5) is 14.0. The van der Waals surface area contributed by atoms with Crippen molar-refractivity contribution in [3.8, 4) is 5.75 Å². The minimum Gasteiger partial charge on any atom is -0.406 e. The van der Waals surface area contributed by atoms with Gasteiger partial charge in [-0.2, -0.15) is 0 Å². The molecule has 0 heterocycles. The number of likely N-dealkylation sites (N-methyl/N-ethyl adjacent to an activating group) is 1. The molecule has 1 atom stereocenters. The van der Waals surface area contributed by atoms with Crippen molar-refractivity contribution >= 4 is 11.6 Å². The van der Waals surface area contributed by atoms with Crippen LogP contribution in [0.25, 0.3) is 0 Å². The summed E-state index contributed by atoms with van der Waals surface area (Å²) in [7, 11) is 1.83. The lowest BCUT2D eigenvalue weighted by Crippen LogP contribution is -2.32. The molecule has 1 amide bonds. The fourth-order valence-electron chi connectivity index (χ4n) is 2.29. The summed E-state index contributed by atoms with van der Waals surface area (Å²) in [5.74, 6) is -0.588. The molecule has 134 valence electrons. The van der Waals surface area contributed by atoms with Crippen LogP contribution in [0.15, 0.2) is 54.6 Å². The standard InChI is InChI=1S/C18H19F3N2O2/c1-13(14-6-4-3-5-7-14)23(2)12-17(24)22-15-8-10-16(11-9-15)25-18(19,20)21/h3-11,13H,12H2,1-2H3,(H,22,24)/t13-/m1/s1. The van der Waals surface area contributed by atoms with Crippen molar-refractivity contribution in [3.05, 3.63) is 60.2 Å². The van der Waals surface area contributed by atoms with Gasteiger partial charge < -0.3 is 10.1 Å². The van der Waals surface area contributed by atoms with Crippen LogP contribution < -0.4 is 10.1 Å². The summed E-state index contributed by atoms with van der Waals surface area (Å²) in [5, 5.41) is 2.65. The summed E-state index contributed by atoms with van der Waals surface area (Å²) >= 11 is 0. The minimum atomic E-state index is -4.74. The molecule has 0 aromatic heterocycles. The highest BCUT2D eigenvalue weighted by Crippen LogP contribution is 2.24. The lowest BCUT2D eigenvalue weighted by molar-refractivity contribution is -0.274. The van der Waals surface area contributed by atoms with Crippen molar-refractivity contribution in [1.29, 1.82) is 0 Å². The lowest BCUT2D eigenvalue weighted by Gasteiger charge is -2.24. The fourth-order valence-corrected chi connectivity index (χ4v) is 2.29. The molecule has 0 aliphatic carbocycles. The molecule has 0 aliphatic rings. The molecule has 0 unspecified atom stereocenters. The van der Waals surface area contributed by atoms with E-state index >= 15 is 0 Å². The molecule has 0 saturated carbocycles. The van der Waals surface area contributed by atoms with Crippen molar-refractivity contribution in [2.75, 3.05) is 18.9 Å². The van der Waals surface area contributed by atoms with Gasteiger partial charge in [0.15, 0.2) is 0 Å². The number of carbonyl (C=O) groups excluding carboxylic acids is 1. The van der Waals surface area contributed by atoms with Crippen LogP contribution in [0.2, 0.25) is 0 Å². The third kappa shape index (κ3) is 6.11. The predicted molar refractivity (Wildman–Crippen MR) is 89.2 cm³/mol. The first kappa shape index (κ1) is 18.8. The van der Waals surface area contributed by atoms with Gasteiger partial charge in [-0.1, -0.05) is 30.3 Å². The summed E-state index contributed by atoms with van der Waals surface area (Å²) in [6.45, 7) is 2.14. The Morgan fingerprint density at radius 2 is 1.72 bits per heavy atom. The molecule has 0 radical (unpaired) electrons. The molecule has 4 nitrogen and oxygen atoms in total. The van der Waals surface area contributed by atoms with Crippen LogP contribution in [0, 0.1) is 0 Å². The third-order valence-electron chi connectivity index (χ3n) is 3.71. The van der Waals surface area contributed by atoms with Crippen LogP contribution in [-0.4, -0.2) is 30.8 Å². The van der Waals surface area contributed by atoms with Gasteiger partial charge in [0.2, 0.25) is 5.91 Å². The van der Waals surface area contributed by atoms with Crippen molar-refractivity contribution in [1.82, 2.24) is 4.90 Å². The van der Waals surface area contributed by atoms with Gasteiger partial charge in [-0.3, -0.25) is 9.69 Å². The number of anilines is 1. The first-order valence-electron chi connectivity index (χ1n) is 7.65. The number of hydrogen-bond donors (Lipinski definition) is 1. The zero-order valence-electron chi connectivity index (χ0n) is 13.9. The van der Waals surface area contributed by atoms with Gasteiger partial charge in [0.05, 0.1) is 6.54 Å². The number of hydrogen-bond acceptors (Lipinski definition) is 3. The number of nitrogens with one attached hydrogen (secondary N) is 1. The number of ether oxygens (including phenoxy) is 1. The molecule has 0 aliphatic heterocycles. The Hall–Kier alpha value is -2.54. The predicted octanol–water partition coefficient (Wildman–Crippen LogP) is 4.22. The number of rotatable bonds is 6. The molecule has 2 rings (SSSR count). The summed E-state index contributed by atoms with van der Waals surface area (Å²) in [6.07, 6.45) is -4.74. The Balaban J connectivity index is 1.89. The van der Waals surface area contributed by atoms with Gasteiger partial charge in [0, 0.05) is 11.7 Å². The van der Waals surface area contributed by atoms with Crippen LogP contribution in [-0.2, 0) is 4.79 Å². The first-order chi connectivity index (χ1) is 11.7. The van der Waals surface area contributed by atoms with Gasteiger partial charge in [0.25, 0.3) is 0 Å². The Morgan fingerprint density at radius 3 is 2.28 bits per heavy atom. The second-order valence-corrected chi connectivity index (χ2v) is 5.62. The average Bonchev–Trinajstić information content (AvgIpc) is 2.55. The molecule has 0 bridgehead atoms. The lowest BCUT2D eigenvalue weighted by atomic mass is 10.1. The Kier molecular flexibility index (Phi) is 6.03.